The molecule has 1 atom stereocenters. The lowest BCUT2D eigenvalue weighted by atomic mass is 10.0. The van der Waals surface area contributed by atoms with Crippen molar-refractivity contribution in [2.24, 2.45) is 13.0 Å². The van der Waals surface area contributed by atoms with E-state index in [1.54, 1.807) is 12.4 Å². The summed E-state index contributed by atoms with van der Waals surface area (Å²) < 4.78 is 1.98. The Bertz CT molecular complexity index is 647. The second-order valence-electron chi connectivity index (χ2n) is 5.52. The van der Waals surface area contributed by atoms with Crippen LogP contribution in [0.1, 0.15) is 41.8 Å². The minimum Gasteiger partial charge on any atom is -0.336 e. The van der Waals surface area contributed by atoms with E-state index in [0.717, 1.165) is 11.5 Å². The molecule has 1 aliphatic heterocycles. The first-order valence-electron chi connectivity index (χ1n) is 6.81. The van der Waals surface area contributed by atoms with Crippen LogP contribution in [0.25, 0.3) is 0 Å². The van der Waals surface area contributed by atoms with E-state index in [1.807, 2.05) is 34.8 Å². The third kappa shape index (κ3) is 1.90. The van der Waals surface area contributed by atoms with Crippen LogP contribution < -0.4 is 0 Å². The first kappa shape index (κ1) is 12.8. The molecule has 2 aromatic heterocycles. The number of hydrogen-bond acceptors (Lipinski definition) is 3. The van der Waals surface area contributed by atoms with Crippen LogP contribution in [0.2, 0.25) is 0 Å². The fourth-order valence-electron chi connectivity index (χ4n) is 2.83. The van der Waals surface area contributed by atoms with Crippen molar-refractivity contribution in [2.75, 3.05) is 0 Å². The molecule has 0 spiro atoms. The topological polar surface area (TPSA) is 51.0 Å². The van der Waals surface area contributed by atoms with Crippen molar-refractivity contribution in [1.29, 1.82) is 0 Å². The van der Waals surface area contributed by atoms with Crippen molar-refractivity contribution >= 4 is 5.91 Å². The molecule has 0 fully saturated rings. The maximum atomic E-state index is 12.6. The Hall–Kier alpha value is -2.17. The summed E-state index contributed by atoms with van der Waals surface area (Å²) in [5, 5.41) is 0. The molecule has 1 unspecified atom stereocenters. The maximum Gasteiger partial charge on any atom is 0.256 e. The van der Waals surface area contributed by atoms with Gasteiger partial charge >= 0.3 is 0 Å². The average Bonchev–Trinajstić information content (AvgIpc) is 2.97. The predicted octanol–water partition coefficient (Wildman–Crippen LogP) is 2.17. The van der Waals surface area contributed by atoms with Crippen molar-refractivity contribution in [1.82, 2.24) is 19.4 Å². The van der Waals surface area contributed by atoms with Crippen molar-refractivity contribution in [3.63, 3.8) is 0 Å². The number of carbonyl (C=O) groups excluding carboxylic acids is 1. The molecule has 3 rings (SSSR count). The van der Waals surface area contributed by atoms with Gasteiger partial charge in [0.25, 0.3) is 5.91 Å². The monoisotopic (exact) mass is 270 g/mol. The van der Waals surface area contributed by atoms with Crippen LogP contribution in [0.3, 0.4) is 0 Å². The first-order chi connectivity index (χ1) is 9.59. The van der Waals surface area contributed by atoms with E-state index in [4.69, 9.17) is 0 Å². The molecule has 0 aromatic carbocycles. The molecule has 0 aliphatic carbocycles. The summed E-state index contributed by atoms with van der Waals surface area (Å²) in [6.45, 7) is 4.79. The van der Waals surface area contributed by atoms with Crippen LogP contribution >= 0.6 is 0 Å². The normalized spacial score (nSPS) is 15.8. The Morgan fingerprint density at radius 3 is 2.65 bits per heavy atom. The van der Waals surface area contributed by atoms with E-state index in [1.165, 1.54) is 0 Å². The van der Waals surface area contributed by atoms with Crippen LogP contribution in [0.4, 0.5) is 0 Å². The number of carbonyl (C=O) groups is 1. The number of fused-ring (bicyclic) bond motifs is 1. The van der Waals surface area contributed by atoms with Gasteiger partial charge in [0.2, 0.25) is 0 Å². The van der Waals surface area contributed by atoms with E-state index < -0.39 is 0 Å². The van der Waals surface area contributed by atoms with Crippen LogP contribution in [0.15, 0.2) is 30.7 Å². The molecular weight excluding hydrogens is 252 g/mol. The summed E-state index contributed by atoms with van der Waals surface area (Å²) in [6.07, 6.45) is 5.42. The highest BCUT2D eigenvalue weighted by molar-refractivity contribution is 5.97. The minimum absolute atomic E-state index is 0.0308. The average molecular weight is 270 g/mol. The number of pyridine rings is 1. The standard InChI is InChI=1S/C15H18N4O/c1-10(2)13(14-17-7-8-18(14)3)19-9-12-11(15(19)20)5-4-6-16-12/h4-8,10,13H,9H2,1-3H3. The molecule has 1 aliphatic rings. The van der Waals surface area contributed by atoms with Gasteiger partial charge in [-0.2, -0.15) is 0 Å². The highest BCUT2D eigenvalue weighted by Gasteiger charge is 2.37. The molecule has 104 valence electrons. The fourth-order valence-corrected chi connectivity index (χ4v) is 2.83. The Morgan fingerprint density at radius 2 is 2.05 bits per heavy atom. The summed E-state index contributed by atoms with van der Waals surface area (Å²) >= 11 is 0. The van der Waals surface area contributed by atoms with Gasteiger partial charge in [0.05, 0.1) is 23.8 Å². The van der Waals surface area contributed by atoms with E-state index in [9.17, 15) is 4.79 Å². The second-order valence-corrected chi connectivity index (χ2v) is 5.52. The molecule has 1 amide bonds. The lowest BCUT2D eigenvalue weighted by Crippen LogP contribution is -2.34. The lowest BCUT2D eigenvalue weighted by Gasteiger charge is -2.30. The number of aromatic nitrogens is 3. The van der Waals surface area contributed by atoms with Crippen molar-refractivity contribution in [2.45, 2.75) is 26.4 Å². The first-order valence-corrected chi connectivity index (χ1v) is 6.81. The van der Waals surface area contributed by atoms with Gasteiger partial charge in [-0.1, -0.05) is 13.8 Å². The summed E-state index contributed by atoms with van der Waals surface area (Å²) in [5.74, 6) is 1.25. The van der Waals surface area contributed by atoms with Crippen molar-refractivity contribution in [3.05, 3.63) is 47.8 Å². The summed E-state index contributed by atoms with van der Waals surface area (Å²) in [4.78, 5) is 23.2. The van der Waals surface area contributed by atoms with Gasteiger partial charge in [-0.05, 0) is 18.1 Å². The van der Waals surface area contributed by atoms with Gasteiger partial charge in [0, 0.05) is 25.6 Å². The summed E-state index contributed by atoms with van der Waals surface area (Å²) in [6, 6.07) is 3.63. The molecular formula is C15H18N4O. The number of hydrogen-bond donors (Lipinski definition) is 0. The lowest BCUT2D eigenvalue weighted by molar-refractivity contribution is 0.0632. The fraction of sp³-hybridized carbons (Fsp3) is 0.400. The van der Waals surface area contributed by atoms with Crippen LogP contribution in [0.5, 0.6) is 0 Å². The van der Waals surface area contributed by atoms with Crippen LogP contribution in [-0.2, 0) is 13.6 Å². The van der Waals surface area contributed by atoms with E-state index in [0.29, 0.717) is 12.1 Å². The summed E-state index contributed by atoms with van der Waals surface area (Å²) in [7, 11) is 1.96. The molecule has 5 heteroatoms. The molecule has 0 bridgehead atoms. The number of amides is 1. The Labute approximate surface area is 118 Å². The second kappa shape index (κ2) is 4.74. The van der Waals surface area contributed by atoms with Gasteiger partial charge in [0.1, 0.15) is 5.82 Å². The SMILES string of the molecule is CC(C)C(c1nccn1C)N1Cc2ncccc2C1=O. The van der Waals surface area contributed by atoms with E-state index in [-0.39, 0.29) is 17.9 Å². The third-order valence-corrected chi connectivity index (χ3v) is 3.79. The molecule has 0 N–H and O–H groups in total. The smallest absolute Gasteiger partial charge is 0.256 e. The molecule has 2 aromatic rings. The van der Waals surface area contributed by atoms with E-state index >= 15 is 0 Å². The zero-order chi connectivity index (χ0) is 14.3. The van der Waals surface area contributed by atoms with Crippen LogP contribution in [0, 0.1) is 5.92 Å². The summed E-state index contributed by atoms with van der Waals surface area (Å²) in [5.41, 5.74) is 1.57. The highest BCUT2D eigenvalue weighted by Crippen LogP contribution is 2.34. The van der Waals surface area contributed by atoms with Gasteiger partial charge < -0.3 is 9.47 Å². The predicted molar refractivity (Wildman–Crippen MR) is 74.9 cm³/mol. The molecule has 5 nitrogen and oxygen atoms in total. The number of nitrogens with zero attached hydrogens (tertiary/aromatic N) is 4. The number of aryl methyl sites for hydroxylation is 1. The number of rotatable bonds is 3. The van der Waals surface area contributed by atoms with Gasteiger partial charge in [-0.15, -0.1) is 0 Å². The van der Waals surface area contributed by atoms with Crippen molar-refractivity contribution < 1.29 is 4.79 Å². The Kier molecular flexibility index (Phi) is 3.04. The van der Waals surface area contributed by atoms with E-state index in [2.05, 4.69) is 23.8 Å². The zero-order valence-corrected chi connectivity index (χ0v) is 11.9. The Balaban J connectivity index is 2.00. The quantitative estimate of drug-likeness (QED) is 0.859. The van der Waals surface area contributed by atoms with Gasteiger partial charge in [-0.3, -0.25) is 9.78 Å². The van der Waals surface area contributed by atoms with Crippen molar-refractivity contribution in [3.8, 4) is 0 Å². The van der Waals surface area contributed by atoms with Gasteiger partial charge in [0.15, 0.2) is 0 Å². The zero-order valence-electron chi connectivity index (χ0n) is 11.9. The molecule has 0 radical (unpaired) electrons. The Morgan fingerprint density at radius 1 is 1.25 bits per heavy atom. The molecule has 3 heterocycles. The minimum atomic E-state index is -0.0308. The molecule has 0 saturated heterocycles. The van der Waals surface area contributed by atoms with Gasteiger partial charge in [-0.25, -0.2) is 4.98 Å². The largest absolute Gasteiger partial charge is 0.336 e. The highest BCUT2D eigenvalue weighted by atomic mass is 16.2. The van der Waals surface area contributed by atoms with Crippen LogP contribution in [-0.4, -0.2) is 25.3 Å². The molecule has 20 heavy (non-hydrogen) atoms. The number of imidazole rings is 1. The maximum absolute atomic E-state index is 12.6. The molecule has 0 saturated carbocycles. The third-order valence-electron chi connectivity index (χ3n) is 3.79.